The van der Waals surface area contributed by atoms with E-state index in [1.165, 1.54) is 7.11 Å². The van der Waals surface area contributed by atoms with E-state index in [0.717, 1.165) is 0 Å². The maximum Gasteiger partial charge on any atom is 0.339 e. The van der Waals surface area contributed by atoms with Crippen molar-refractivity contribution in [3.63, 3.8) is 0 Å². The monoisotopic (exact) mass is 241 g/mol. The highest BCUT2D eigenvalue weighted by Gasteiger charge is 2.14. The molecule has 1 rings (SSSR count). The minimum Gasteiger partial charge on any atom is -0.465 e. The molecule has 0 amide bonds. The number of hydrogen-bond acceptors (Lipinski definition) is 4. The normalized spacial score (nSPS) is 9.47. The second-order valence-electron chi connectivity index (χ2n) is 2.78. The largest absolute Gasteiger partial charge is 0.465 e. The molecule has 0 fully saturated rings. The number of esters is 1. The highest BCUT2D eigenvalue weighted by atomic mass is 35.5. The summed E-state index contributed by atoms with van der Waals surface area (Å²) in [5.74, 6) is -0.296. The topological polar surface area (TPSA) is 50.1 Å². The highest BCUT2D eigenvalue weighted by Crippen LogP contribution is 2.22. The van der Waals surface area contributed by atoms with Gasteiger partial charge in [0.15, 0.2) is 0 Å². The fourth-order valence-corrected chi connectivity index (χ4v) is 1.55. The summed E-state index contributed by atoms with van der Waals surface area (Å²) >= 11 is 9.75. The number of benzene rings is 1. The Bertz CT molecular complexity index is 440. The minimum absolute atomic E-state index is 0.229. The summed E-state index contributed by atoms with van der Waals surface area (Å²) in [6.07, 6.45) is 0. The van der Waals surface area contributed by atoms with E-state index in [0.29, 0.717) is 16.0 Å². The van der Waals surface area contributed by atoms with Gasteiger partial charge in [-0.05, 0) is 17.7 Å². The molecule has 0 atom stereocenters. The van der Waals surface area contributed by atoms with Gasteiger partial charge in [0.05, 0.1) is 18.2 Å². The molecule has 0 saturated carbocycles. The van der Waals surface area contributed by atoms with Crippen molar-refractivity contribution in [1.29, 1.82) is 5.26 Å². The molecular weight excluding hydrogens is 234 g/mol. The van der Waals surface area contributed by atoms with Crippen LogP contribution in [0.15, 0.2) is 17.0 Å². The summed E-state index contributed by atoms with van der Waals surface area (Å²) in [5.41, 5.74) is 1.26. The second kappa shape index (κ2) is 5.06. The first-order chi connectivity index (χ1) is 7.13. The van der Waals surface area contributed by atoms with Crippen LogP contribution in [0.4, 0.5) is 0 Å². The first kappa shape index (κ1) is 11.9. The molecule has 0 aliphatic rings. The quantitative estimate of drug-likeness (QED) is 0.491. The third kappa shape index (κ3) is 2.44. The van der Waals surface area contributed by atoms with Gasteiger partial charge in [0.25, 0.3) is 0 Å². The molecule has 0 radical (unpaired) electrons. The van der Waals surface area contributed by atoms with Crippen molar-refractivity contribution in [2.24, 2.45) is 0 Å². The van der Waals surface area contributed by atoms with Crippen molar-refractivity contribution >= 4 is 30.2 Å². The fraction of sp³-hybridized carbons (Fsp3) is 0.200. The first-order valence-corrected chi connectivity index (χ1v) is 5.02. The molecule has 0 spiro atoms. The number of thiol groups is 1. The zero-order valence-electron chi connectivity index (χ0n) is 7.95. The van der Waals surface area contributed by atoms with Gasteiger partial charge >= 0.3 is 5.97 Å². The van der Waals surface area contributed by atoms with Crippen molar-refractivity contribution in [3.05, 3.63) is 28.8 Å². The van der Waals surface area contributed by atoms with Gasteiger partial charge in [0.2, 0.25) is 0 Å². The lowest BCUT2D eigenvalue weighted by Crippen LogP contribution is -2.04. The van der Waals surface area contributed by atoms with Crippen LogP contribution in [0.2, 0.25) is 0 Å². The number of methoxy groups -OCH3 is 1. The summed E-state index contributed by atoms with van der Waals surface area (Å²) in [7, 11) is 1.27. The van der Waals surface area contributed by atoms with E-state index in [1.54, 1.807) is 12.1 Å². The van der Waals surface area contributed by atoms with Crippen molar-refractivity contribution in [3.8, 4) is 6.07 Å². The van der Waals surface area contributed by atoms with Crippen molar-refractivity contribution in [2.45, 2.75) is 10.8 Å². The molecule has 5 heteroatoms. The number of alkyl halides is 1. The third-order valence-corrected chi connectivity index (χ3v) is 2.64. The van der Waals surface area contributed by atoms with E-state index >= 15 is 0 Å². The summed E-state index contributed by atoms with van der Waals surface area (Å²) in [5, 5.41) is 8.82. The van der Waals surface area contributed by atoms with E-state index in [9.17, 15) is 4.79 Å². The molecule has 78 valence electrons. The molecule has 0 saturated heterocycles. The van der Waals surface area contributed by atoms with Crippen LogP contribution in [0.5, 0.6) is 0 Å². The average Bonchev–Trinajstić information content (AvgIpc) is 2.28. The summed E-state index contributed by atoms with van der Waals surface area (Å²) in [4.78, 5) is 11.7. The van der Waals surface area contributed by atoms with Crippen LogP contribution in [0, 0.1) is 11.3 Å². The van der Waals surface area contributed by atoms with Crippen molar-refractivity contribution in [2.75, 3.05) is 7.11 Å². The molecular formula is C10H8ClNO2S. The van der Waals surface area contributed by atoms with E-state index in [2.05, 4.69) is 17.4 Å². The molecule has 0 aliphatic carbocycles. The number of ether oxygens (including phenoxy) is 1. The number of halogens is 1. The Morgan fingerprint density at radius 1 is 1.67 bits per heavy atom. The summed E-state index contributed by atoms with van der Waals surface area (Å²) < 4.78 is 4.58. The number of carbonyl (C=O) groups excluding carboxylic acids is 1. The Labute approximate surface area is 98.0 Å². The van der Waals surface area contributed by atoms with Crippen LogP contribution in [0.1, 0.15) is 21.5 Å². The zero-order valence-corrected chi connectivity index (χ0v) is 9.60. The minimum atomic E-state index is -0.525. The SMILES string of the molecule is COC(=O)c1cc(CCl)cc(C#N)c1S. The van der Waals surface area contributed by atoms with Gasteiger partial charge in [0.1, 0.15) is 6.07 Å². The van der Waals surface area contributed by atoms with Crippen LogP contribution >= 0.6 is 24.2 Å². The number of rotatable bonds is 2. The first-order valence-electron chi connectivity index (χ1n) is 4.04. The summed E-state index contributed by atoms with van der Waals surface area (Å²) in [6, 6.07) is 5.12. The molecule has 0 unspecified atom stereocenters. The Morgan fingerprint density at radius 3 is 2.80 bits per heavy atom. The van der Waals surface area contributed by atoms with Gasteiger partial charge in [-0.25, -0.2) is 4.79 Å². The molecule has 1 aromatic carbocycles. The predicted molar refractivity (Wildman–Crippen MR) is 59.3 cm³/mol. The predicted octanol–water partition coefficient (Wildman–Crippen LogP) is 2.37. The van der Waals surface area contributed by atoms with Gasteiger partial charge in [0, 0.05) is 10.8 Å². The van der Waals surface area contributed by atoms with Gasteiger partial charge in [-0.3, -0.25) is 0 Å². The van der Waals surface area contributed by atoms with E-state index < -0.39 is 5.97 Å². The molecule has 15 heavy (non-hydrogen) atoms. The second-order valence-corrected chi connectivity index (χ2v) is 3.49. The van der Waals surface area contributed by atoms with Gasteiger partial charge in [-0.2, -0.15) is 5.26 Å². The molecule has 0 N–H and O–H groups in total. The van der Waals surface area contributed by atoms with Gasteiger partial charge in [-0.15, -0.1) is 24.2 Å². The van der Waals surface area contributed by atoms with Crippen LogP contribution < -0.4 is 0 Å². The fourth-order valence-electron chi connectivity index (χ4n) is 1.12. The van der Waals surface area contributed by atoms with Crippen LogP contribution in [-0.4, -0.2) is 13.1 Å². The molecule has 0 bridgehead atoms. The molecule has 3 nitrogen and oxygen atoms in total. The number of hydrogen-bond donors (Lipinski definition) is 1. The smallest absolute Gasteiger partial charge is 0.339 e. The molecule has 0 aromatic heterocycles. The van der Waals surface area contributed by atoms with Crippen molar-refractivity contribution in [1.82, 2.24) is 0 Å². The number of carbonyl (C=O) groups is 1. The lowest BCUT2D eigenvalue weighted by Gasteiger charge is -2.06. The lowest BCUT2D eigenvalue weighted by molar-refractivity contribution is 0.0596. The van der Waals surface area contributed by atoms with E-state index in [1.807, 2.05) is 6.07 Å². The van der Waals surface area contributed by atoms with Crippen LogP contribution in [-0.2, 0) is 10.6 Å². The Kier molecular flexibility index (Phi) is 4.01. The molecule has 0 heterocycles. The molecule has 0 aliphatic heterocycles. The lowest BCUT2D eigenvalue weighted by atomic mass is 10.1. The zero-order chi connectivity index (χ0) is 11.4. The average molecular weight is 242 g/mol. The maximum absolute atomic E-state index is 11.3. The van der Waals surface area contributed by atoms with Gasteiger partial charge in [-0.1, -0.05) is 0 Å². The van der Waals surface area contributed by atoms with E-state index in [-0.39, 0.29) is 11.4 Å². The van der Waals surface area contributed by atoms with Crippen LogP contribution in [0.25, 0.3) is 0 Å². The summed E-state index contributed by atoms with van der Waals surface area (Å²) in [6.45, 7) is 0. The number of nitriles is 1. The van der Waals surface area contributed by atoms with Gasteiger partial charge < -0.3 is 4.74 Å². The van der Waals surface area contributed by atoms with Crippen LogP contribution in [0.3, 0.4) is 0 Å². The number of nitrogens with zero attached hydrogens (tertiary/aromatic N) is 1. The standard InChI is InChI=1S/C10H8ClNO2S/c1-14-10(13)8-3-6(4-11)2-7(5-12)9(8)15/h2-3,15H,4H2,1H3. The Balaban J connectivity index is 3.38. The maximum atomic E-state index is 11.3. The Hall–Kier alpha value is -1.18. The van der Waals surface area contributed by atoms with Crippen molar-refractivity contribution < 1.29 is 9.53 Å². The molecule has 1 aromatic rings. The highest BCUT2D eigenvalue weighted by molar-refractivity contribution is 7.80. The third-order valence-electron chi connectivity index (χ3n) is 1.85. The Morgan fingerprint density at radius 2 is 2.33 bits per heavy atom. The van der Waals surface area contributed by atoms with E-state index in [4.69, 9.17) is 16.9 Å².